The Morgan fingerprint density at radius 2 is 0.453 bits per heavy atom. The summed E-state index contributed by atoms with van der Waals surface area (Å²) in [5.74, 6) is 0. The zero-order valence-corrected chi connectivity index (χ0v) is 34.2. The number of halogens is 1. The van der Waals surface area contributed by atoms with Gasteiger partial charge in [0.2, 0.25) is 0 Å². The van der Waals surface area contributed by atoms with Crippen molar-refractivity contribution in [2.75, 3.05) is 0 Å². The van der Waals surface area contributed by atoms with Gasteiger partial charge in [-0.25, -0.2) is 0 Å². The maximum absolute atomic E-state index is 4.52. The van der Waals surface area contributed by atoms with Gasteiger partial charge in [-0.15, -0.1) is 11.0 Å². The van der Waals surface area contributed by atoms with Crippen molar-refractivity contribution in [2.24, 2.45) is 0 Å². The van der Waals surface area contributed by atoms with Gasteiger partial charge in [-0.05, 0) is 83.6 Å². The topological polar surface area (TPSA) is 14.1 Å². The predicted molar refractivity (Wildman–Crippen MR) is 242 cm³/mol. The molecule has 0 amide bonds. The first-order chi connectivity index (χ1) is 26.3. The minimum Gasteiger partial charge on any atom is -0.657 e. The van der Waals surface area contributed by atoms with E-state index in [0.717, 1.165) is 11.0 Å². The van der Waals surface area contributed by atoms with Gasteiger partial charge in [0.25, 0.3) is 0 Å². The molecule has 8 aromatic carbocycles. The van der Waals surface area contributed by atoms with Gasteiger partial charge < -0.3 is 4.98 Å². The molecule has 5 heteroatoms. The number of hydrogen-bond acceptors (Lipinski definition) is 0. The van der Waals surface area contributed by atoms with Crippen LogP contribution < -0.4 is 36.8 Å². The van der Waals surface area contributed by atoms with Crippen LogP contribution in [0.3, 0.4) is 0 Å². The Labute approximate surface area is 335 Å². The standard InChI is InChI=1S/2C18H15P.C12H8N.Cu.HI/c2*1-4-10-16(11-5-1)19(17-12-6-2-7-13-17)18-14-8-3-9-15-18;1-3-7-11-9(5-1)10-6-2-4-8-12(10)13-11;;/h2*1-15H;1-8H;;1H/q;;-1;+2;/p+1. The van der Waals surface area contributed by atoms with E-state index in [1.807, 2.05) is 12.1 Å². The fraction of sp³-hybridized carbons (Fsp3) is 0. The second-order valence-electron chi connectivity index (χ2n) is 12.1. The van der Waals surface area contributed by atoms with E-state index in [9.17, 15) is 0 Å². The smallest absolute Gasteiger partial charge is 0.102 e. The van der Waals surface area contributed by atoms with E-state index in [1.165, 1.54) is 42.6 Å². The van der Waals surface area contributed by atoms with Gasteiger partial charge in [0.15, 0.2) is 0 Å². The summed E-state index contributed by atoms with van der Waals surface area (Å²) in [6.07, 6.45) is 0. The Balaban J connectivity index is 0.000000135. The average molecular weight is 883 g/mol. The van der Waals surface area contributed by atoms with Crippen molar-refractivity contribution in [1.29, 1.82) is 0 Å². The van der Waals surface area contributed by atoms with Crippen molar-refractivity contribution < 1.29 is 12.8 Å². The molecule has 0 aliphatic carbocycles. The molecular weight excluding hydrogens is 843 g/mol. The molecule has 0 aliphatic heterocycles. The summed E-state index contributed by atoms with van der Waals surface area (Å²) in [6, 6.07) is 81.5. The van der Waals surface area contributed by atoms with Crippen LogP contribution in [0.4, 0.5) is 0 Å². The van der Waals surface area contributed by atoms with Crippen LogP contribution in [0.1, 0.15) is 0 Å². The predicted octanol–water partition coefficient (Wildman–Crippen LogP) is 10.2. The fourth-order valence-electron chi connectivity index (χ4n) is 6.36. The van der Waals surface area contributed by atoms with E-state index in [0.29, 0.717) is 0 Å². The van der Waals surface area contributed by atoms with E-state index < -0.39 is 15.8 Å². The first-order valence-corrected chi connectivity index (χ1v) is 23.5. The third-order valence-electron chi connectivity index (χ3n) is 8.71. The first kappa shape index (κ1) is 38.4. The summed E-state index contributed by atoms with van der Waals surface area (Å²) in [5, 5.41) is 11.1. The fourth-order valence-corrected chi connectivity index (χ4v) is 11.5. The van der Waals surface area contributed by atoms with Crippen LogP contribution in [-0.4, -0.2) is 0 Å². The van der Waals surface area contributed by atoms with Crippen LogP contribution in [0.2, 0.25) is 0 Å². The number of benzene rings is 8. The Bertz CT molecular complexity index is 2000. The monoisotopic (exact) mass is 882 g/mol. The van der Waals surface area contributed by atoms with E-state index in [4.69, 9.17) is 0 Å². The summed E-state index contributed by atoms with van der Waals surface area (Å²) in [6.45, 7) is 0. The zero-order chi connectivity index (χ0) is 36.5. The van der Waals surface area contributed by atoms with Crippen LogP contribution in [-0.2, 0) is 12.8 Å². The van der Waals surface area contributed by atoms with Crippen LogP contribution >= 0.6 is 36.2 Å². The van der Waals surface area contributed by atoms with Gasteiger partial charge in [0.05, 0.1) is 15.8 Å². The number of hydrogen-bond donors (Lipinski definition) is 0. The Hall–Kier alpha value is -4.33. The number of nitrogens with zero attached hydrogens (tertiary/aromatic N) is 1. The molecule has 0 saturated carbocycles. The van der Waals surface area contributed by atoms with Crippen molar-refractivity contribution in [2.45, 2.75) is 0 Å². The number of fused-ring (bicyclic) bond motifs is 3. The third kappa shape index (κ3) is 10.4. The molecule has 263 valence electrons. The van der Waals surface area contributed by atoms with Crippen LogP contribution in [0.5, 0.6) is 0 Å². The summed E-state index contributed by atoms with van der Waals surface area (Å²) in [4.78, 5) is 4.52. The molecule has 0 aliphatic rings. The molecular formula is C48H40CuINP2+2. The molecule has 0 saturated heterocycles. The van der Waals surface area contributed by atoms with Gasteiger partial charge in [0, 0.05) is 0 Å². The van der Waals surface area contributed by atoms with Crippen molar-refractivity contribution in [3.05, 3.63) is 231 Å². The molecule has 1 nitrogen and oxygen atoms in total. The Morgan fingerprint density at radius 3 is 0.679 bits per heavy atom. The zero-order valence-electron chi connectivity index (χ0n) is 29.1. The normalized spacial score (nSPS) is 10.4. The van der Waals surface area contributed by atoms with Crippen LogP contribution in [0.25, 0.3) is 21.8 Å². The third-order valence-corrected chi connectivity index (χ3v) is 14.2. The van der Waals surface area contributed by atoms with Crippen molar-refractivity contribution >= 4 is 89.8 Å². The van der Waals surface area contributed by atoms with E-state index in [1.54, 1.807) is 20.3 Å². The summed E-state index contributed by atoms with van der Waals surface area (Å²) in [5.41, 5.74) is 2.17. The number of para-hydroxylation sites is 2. The minimum atomic E-state index is -0.877. The molecule has 9 rings (SSSR count). The van der Waals surface area contributed by atoms with Gasteiger partial charge in [-0.3, -0.25) is 0 Å². The summed E-state index contributed by atoms with van der Waals surface area (Å²) in [7, 11) is -1.75. The van der Waals surface area contributed by atoms with Crippen LogP contribution in [0, 0.1) is 0 Å². The van der Waals surface area contributed by atoms with Crippen molar-refractivity contribution in [3.63, 3.8) is 0 Å². The second kappa shape index (κ2) is 20.8. The van der Waals surface area contributed by atoms with Gasteiger partial charge in [-0.1, -0.05) is 158 Å². The molecule has 1 heterocycles. The SMILES string of the molecule is [Cu+][I].c1ccc([PH+](c2ccccc2)c2ccccc2)cc1.c1ccc([PH+](c2ccccc2)c2ccccc2)cc1.c1ccc2c(c1)[n-]c1ccccc12. The molecule has 0 atom stereocenters. The van der Waals surface area contributed by atoms with Crippen LogP contribution in [0.15, 0.2) is 231 Å². The Kier molecular flexibility index (Phi) is 15.1. The average Bonchev–Trinajstić information content (AvgIpc) is 3.64. The molecule has 0 unspecified atom stereocenters. The Morgan fingerprint density at radius 1 is 0.264 bits per heavy atom. The molecule has 0 bridgehead atoms. The molecule has 1 aromatic heterocycles. The first-order valence-electron chi connectivity index (χ1n) is 17.4. The molecule has 0 radical (unpaired) electrons. The summed E-state index contributed by atoms with van der Waals surface area (Å²) < 4.78 is 0. The van der Waals surface area contributed by atoms with Gasteiger partial charge >= 0.3 is 33.1 Å². The molecule has 9 aromatic rings. The van der Waals surface area contributed by atoms with E-state index in [-0.39, 0.29) is 0 Å². The summed E-state index contributed by atoms with van der Waals surface area (Å²) >= 11 is 5.87. The molecule has 53 heavy (non-hydrogen) atoms. The van der Waals surface area contributed by atoms with Crippen molar-refractivity contribution in [1.82, 2.24) is 4.98 Å². The maximum Gasteiger partial charge on any atom is 0.102 e. The molecule has 0 N–H and O–H groups in total. The number of aromatic nitrogens is 1. The van der Waals surface area contributed by atoms with E-state index >= 15 is 0 Å². The van der Waals surface area contributed by atoms with Gasteiger partial charge in [0.1, 0.15) is 31.8 Å². The largest absolute Gasteiger partial charge is 0.657 e. The molecule has 0 spiro atoms. The second-order valence-corrected chi connectivity index (χ2v) is 17.1. The maximum atomic E-state index is 4.52. The van der Waals surface area contributed by atoms with Crippen molar-refractivity contribution in [3.8, 4) is 0 Å². The minimum absolute atomic E-state index is 0.877. The molecule has 0 fully saturated rings. The quantitative estimate of drug-likeness (QED) is 0.0922. The number of rotatable bonds is 6. The van der Waals surface area contributed by atoms with E-state index in [2.05, 4.69) is 236 Å². The van der Waals surface area contributed by atoms with Gasteiger partial charge in [-0.2, -0.15) is 0 Å².